The number of rotatable bonds is 2. The van der Waals surface area contributed by atoms with Crippen molar-refractivity contribution in [1.82, 2.24) is 0 Å². The summed E-state index contributed by atoms with van der Waals surface area (Å²) >= 11 is 0. The number of carbonyl (C=O) groups is 2. The normalized spacial score (nSPS) is 40.9. The van der Waals surface area contributed by atoms with Crippen LogP contribution in [0, 0.1) is 46.8 Å². The summed E-state index contributed by atoms with van der Waals surface area (Å²) in [6.07, 6.45) is 7.33. The first kappa shape index (κ1) is 29.1. The number of esters is 1. The van der Waals surface area contributed by atoms with Crippen LogP contribution in [0.3, 0.4) is 0 Å². The number of carboxylic acids is 1. The van der Waals surface area contributed by atoms with Gasteiger partial charge in [0.25, 0.3) is 0 Å². The van der Waals surface area contributed by atoms with E-state index in [4.69, 9.17) is 4.74 Å². The number of nitrogens with zero attached hydrogens (tertiary/aromatic N) is 1. The molecule has 9 atom stereocenters. The van der Waals surface area contributed by atoms with Crippen LogP contribution in [-0.4, -0.2) is 45.6 Å². The van der Waals surface area contributed by atoms with Crippen molar-refractivity contribution in [1.29, 1.82) is 5.26 Å². The molecular weight excluding hydrogens is 446 g/mol. The van der Waals surface area contributed by atoms with Crippen molar-refractivity contribution in [2.75, 3.05) is 0 Å². The molecule has 0 aromatic rings. The number of nitriles is 1. The van der Waals surface area contributed by atoms with Gasteiger partial charge in [0.2, 0.25) is 0 Å². The standard InChI is InChI=1S/C28H43NO6/c1-17-12-18(2)14-20(4)27(32)21(16-29)8-5-6-11-25(22-9-7-10-23(22)28(33)34)35-26(31)15-24(30)19(3)13-17/h5-6,8,17-20,22-25,27,30,32H,7,9-15H2,1-4H3,(H,33,34)/b6-5+,21-8+/t17-,18+,19+,20+,22-,23+,24+,25-,27+/m1/s1. The van der Waals surface area contributed by atoms with Crippen LogP contribution in [0.4, 0.5) is 0 Å². The lowest BCUT2D eigenvalue weighted by Crippen LogP contribution is -2.34. The maximum Gasteiger partial charge on any atom is 0.308 e. The van der Waals surface area contributed by atoms with Gasteiger partial charge in [0.05, 0.1) is 36.2 Å². The third kappa shape index (κ3) is 8.77. The Kier molecular flexibility index (Phi) is 11.5. The minimum absolute atomic E-state index is 0.0816. The Labute approximate surface area is 209 Å². The van der Waals surface area contributed by atoms with Gasteiger partial charge in [-0.2, -0.15) is 5.26 Å². The maximum absolute atomic E-state index is 12.7. The lowest BCUT2D eigenvalue weighted by Gasteiger charge is -2.28. The molecule has 0 radical (unpaired) electrons. The monoisotopic (exact) mass is 489 g/mol. The number of carbonyl (C=O) groups excluding carboxylic acids is 1. The first-order valence-electron chi connectivity index (χ1n) is 13.1. The van der Waals surface area contributed by atoms with Crippen molar-refractivity contribution < 1.29 is 29.6 Å². The summed E-state index contributed by atoms with van der Waals surface area (Å²) in [6, 6.07) is 2.10. The van der Waals surface area contributed by atoms with Gasteiger partial charge in [-0.3, -0.25) is 9.59 Å². The molecule has 0 spiro atoms. The fourth-order valence-electron chi connectivity index (χ4n) is 5.97. The molecular formula is C28H43NO6. The van der Waals surface area contributed by atoms with Crippen LogP contribution in [0.5, 0.6) is 0 Å². The summed E-state index contributed by atoms with van der Waals surface area (Å²) in [4.78, 5) is 24.5. The third-order valence-electron chi connectivity index (χ3n) is 7.80. The van der Waals surface area contributed by atoms with E-state index in [0.29, 0.717) is 31.1 Å². The Balaban J connectivity index is 2.30. The molecule has 0 aromatic heterocycles. The topological polar surface area (TPSA) is 128 Å². The van der Waals surface area contributed by atoms with E-state index in [-0.39, 0.29) is 29.7 Å². The van der Waals surface area contributed by atoms with Gasteiger partial charge in [-0.25, -0.2) is 0 Å². The predicted molar refractivity (Wildman–Crippen MR) is 133 cm³/mol. The maximum atomic E-state index is 12.7. The van der Waals surface area contributed by atoms with Gasteiger partial charge >= 0.3 is 11.9 Å². The van der Waals surface area contributed by atoms with Crippen molar-refractivity contribution in [2.24, 2.45) is 35.5 Å². The van der Waals surface area contributed by atoms with Gasteiger partial charge in [0.1, 0.15) is 6.10 Å². The first-order valence-corrected chi connectivity index (χ1v) is 13.1. The molecule has 0 amide bonds. The molecule has 1 heterocycles. The Morgan fingerprint density at radius 3 is 2.34 bits per heavy atom. The highest BCUT2D eigenvalue weighted by atomic mass is 16.5. The number of ether oxygens (including phenoxy) is 1. The summed E-state index contributed by atoms with van der Waals surface area (Å²) in [5.74, 6) is -1.77. The zero-order valence-electron chi connectivity index (χ0n) is 21.6. The molecule has 0 unspecified atom stereocenters. The van der Waals surface area contributed by atoms with E-state index >= 15 is 0 Å². The molecule has 7 heteroatoms. The van der Waals surface area contributed by atoms with Gasteiger partial charge < -0.3 is 20.1 Å². The van der Waals surface area contributed by atoms with Crippen molar-refractivity contribution in [3.05, 3.63) is 23.8 Å². The van der Waals surface area contributed by atoms with Crippen LogP contribution in [0.15, 0.2) is 23.8 Å². The Hall–Kier alpha value is -2.17. The Bertz CT molecular complexity index is 815. The number of aliphatic hydroxyl groups is 2. The highest BCUT2D eigenvalue weighted by molar-refractivity contribution is 5.72. The molecule has 2 aliphatic rings. The second-order valence-electron chi connectivity index (χ2n) is 11.1. The van der Waals surface area contributed by atoms with E-state index in [9.17, 15) is 30.2 Å². The fourth-order valence-corrected chi connectivity index (χ4v) is 5.97. The number of hydrogen-bond acceptors (Lipinski definition) is 6. The summed E-state index contributed by atoms with van der Waals surface area (Å²) in [5.41, 5.74) is 0.282. The van der Waals surface area contributed by atoms with Gasteiger partial charge in [-0.05, 0) is 61.9 Å². The zero-order valence-corrected chi connectivity index (χ0v) is 21.6. The minimum Gasteiger partial charge on any atom is -0.481 e. The molecule has 3 N–H and O–H groups in total. The molecule has 0 bridgehead atoms. The van der Waals surface area contributed by atoms with Crippen molar-refractivity contribution >= 4 is 11.9 Å². The van der Waals surface area contributed by atoms with E-state index in [1.165, 1.54) is 0 Å². The van der Waals surface area contributed by atoms with Crippen LogP contribution in [-0.2, 0) is 14.3 Å². The summed E-state index contributed by atoms with van der Waals surface area (Å²) in [5, 5.41) is 40.6. The molecule has 0 saturated heterocycles. The van der Waals surface area contributed by atoms with Crippen LogP contribution < -0.4 is 0 Å². The average Bonchev–Trinajstić information content (AvgIpc) is 3.27. The SMILES string of the molecule is C[C@@H]1C[C@H](C)C[C@H](C)[C@H](O)/C(C#N)=C/C=C/C[C@H]([C@@H]2CCC[C@@H]2C(=O)O)OC(=O)C[C@H](O)[C@@H](C)C1. The molecule has 196 valence electrons. The highest BCUT2D eigenvalue weighted by Gasteiger charge is 2.39. The van der Waals surface area contributed by atoms with E-state index in [1.807, 2.05) is 13.8 Å². The number of hydrogen-bond donors (Lipinski definition) is 3. The van der Waals surface area contributed by atoms with Crippen molar-refractivity contribution in [3.63, 3.8) is 0 Å². The fraction of sp³-hybridized carbons (Fsp3) is 0.750. The van der Waals surface area contributed by atoms with Gasteiger partial charge in [-0.1, -0.05) is 46.3 Å². The molecule has 1 aliphatic carbocycles. The second kappa shape index (κ2) is 13.8. The molecule has 7 nitrogen and oxygen atoms in total. The average molecular weight is 490 g/mol. The lowest BCUT2D eigenvalue weighted by atomic mass is 9.82. The second-order valence-corrected chi connectivity index (χ2v) is 11.1. The van der Waals surface area contributed by atoms with Crippen molar-refractivity contribution in [3.8, 4) is 6.07 Å². The molecule has 2 rings (SSSR count). The van der Waals surface area contributed by atoms with Crippen LogP contribution in [0.1, 0.15) is 79.1 Å². The van der Waals surface area contributed by atoms with Gasteiger partial charge in [0, 0.05) is 12.3 Å². The van der Waals surface area contributed by atoms with E-state index in [2.05, 4.69) is 19.9 Å². The number of cyclic esters (lactones) is 1. The zero-order chi connectivity index (χ0) is 26.1. The third-order valence-corrected chi connectivity index (χ3v) is 7.80. The molecule has 1 saturated carbocycles. The number of carboxylic acid groups (broad SMARTS) is 1. The smallest absolute Gasteiger partial charge is 0.308 e. The van der Waals surface area contributed by atoms with Crippen molar-refractivity contribution in [2.45, 2.75) is 97.4 Å². The lowest BCUT2D eigenvalue weighted by molar-refractivity contribution is -0.159. The van der Waals surface area contributed by atoms with E-state index in [0.717, 1.165) is 25.7 Å². The quantitative estimate of drug-likeness (QED) is 0.482. The van der Waals surface area contributed by atoms with Gasteiger partial charge in [-0.15, -0.1) is 0 Å². The largest absolute Gasteiger partial charge is 0.481 e. The minimum atomic E-state index is -0.882. The predicted octanol–water partition coefficient (Wildman–Crippen LogP) is 4.64. The van der Waals surface area contributed by atoms with E-state index < -0.39 is 36.2 Å². The molecule has 0 aromatic carbocycles. The van der Waals surface area contributed by atoms with Crippen LogP contribution in [0.2, 0.25) is 0 Å². The number of aliphatic carboxylic acids is 1. The summed E-state index contributed by atoms with van der Waals surface area (Å²) < 4.78 is 5.77. The highest BCUT2D eigenvalue weighted by Crippen LogP contribution is 2.37. The Morgan fingerprint density at radius 1 is 1.06 bits per heavy atom. The Morgan fingerprint density at radius 2 is 1.71 bits per heavy atom. The molecule has 1 aliphatic heterocycles. The number of allylic oxidation sites excluding steroid dienone is 2. The van der Waals surface area contributed by atoms with Crippen LogP contribution in [0.25, 0.3) is 0 Å². The first-order chi connectivity index (χ1) is 16.5. The molecule has 1 fully saturated rings. The summed E-state index contributed by atoms with van der Waals surface area (Å²) in [6.45, 7) is 8.16. The van der Waals surface area contributed by atoms with Crippen LogP contribution >= 0.6 is 0 Å². The number of aliphatic hydroxyl groups excluding tert-OH is 2. The molecule has 35 heavy (non-hydrogen) atoms. The van der Waals surface area contributed by atoms with Gasteiger partial charge in [0.15, 0.2) is 0 Å². The summed E-state index contributed by atoms with van der Waals surface area (Å²) in [7, 11) is 0. The van der Waals surface area contributed by atoms with E-state index in [1.54, 1.807) is 18.2 Å².